The number of rotatable bonds is 12. The van der Waals surface area contributed by atoms with Gasteiger partial charge in [0.2, 0.25) is 11.8 Å². The van der Waals surface area contributed by atoms with Crippen LogP contribution in [0.25, 0.3) is 22.5 Å². The Labute approximate surface area is 346 Å². The molecule has 0 saturated carbocycles. The molecule has 2 aliphatic heterocycles. The summed E-state index contributed by atoms with van der Waals surface area (Å²) in [5.41, 5.74) is 5.17. The van der Waals surface area contributed by atoms with Crippen molar-refractivity contribution in [2.75, 3.05) is 32.1 Å². The Morgan fingerprint density at radius 1 is 1.09 bits per heavy atom. The number of aromatic nitrogens is 5. The molecule has 1 aromatic carbocycles. The first-order valence-corrected chi connectivity index (χ1v) is 19.7. The second-order valence-corrected chi connectivity index (χ2v) is 16.1. The molecule has 2 N–H and O–H groups in total. The molecule has 0 bridgehead atoms. The Kier molecular flexibility index (Phi) is 12.0. The number of carbonyl (C=O) groups is 3. The number of hydrogen-bond donors (Lipinski definition) is 2. The third kappa shape index (κ3) is 9.11. The zero-order chi connectivity index (χ0) is 41.1. The van der Waals surface area contributed by atoms with Gasteiger partial charge in [-0.05, 0) is 57.9 Å². The molecule has 58 heavy (non-hydrogen) atoms. The van der Waals surface area contributed by atoms with E-state index in [1.807, 2.05) is 17.7 Å². The number of methoxy groups -OCH3 is 1. The number of pyridine rings is 2. The van der Waals surface area contributed by atoms with Crippen molar-refractivity contribution in [1.82, 2.24) is 39.8 Å². The number of halogens is 2. The summed E-state index contributed by atoms with van der Waals surface area (Å²) in [6.45, 7) is 8.10. The summed E-state index contributed by atoms with van der Waals surface area (Å²) in [5.74, 6) is 0.132. The number of carbonyl (C=O) groups excluding carboxylic acids is 3. The largest absolute Gasteiger partial charge is 0.481 e. The van der Waals surface area contributed by atoms with E-state index in [1.54, 1.807) is 74.7 Å². The van der Waals surface area contributed by atoms with Crippen LogP contribution in [-0.4, -0.2) is 90.8 Å². The van der Waals surface area contributed by atoms with Crippen molar-refractivity contribution in [3.8, 4) is 28.4 Å². The van der Waals surface area contributed by atoms with Crippen molar-refractivity contribution >= 4 is 46.8 Å². The maximum Gasteiger partial charge on any atom is 0.410 e. The molecule has 0 spiro atoms. The zero-order valence-corrected chi connectivity index (χ0v) is 34.5. The number of nitrogens with zero attached hydrogens (tertiary/aromatic N) is 7. The Hall–Kier alpha value is -5.51. The summed E-state index contributed by atoms with van der Waals surface area (Å²) in [7, 11) is 3.35. The van der Waals surface area contributed by atoms with E-state index in [4.69, 9.17) is 47.2 Å². The van der Waals surface area contributed by atoms with Gasteiger partial charge in [0.15, 0.2) is 5.82 Å². The van der Waals surface area contributed by atoms with E-state index in [9.17, 15) is 14.4 Å². The molecule has 1 saturated heterocycles. The van der Waals surface area contributed by atoms with Gasteiger partial charge in [-0.2, -0.15) is 0 Å². The molecule has 15 nitrogen and oxygen atoms in total. The molecule has 4 aromatic heterocycles. The molecule has 1 atom stereocenters. The van der Waals surface area contributed by atoms with Gasteiger partial charge in [-0.15, -0.1) is 0 Å². The molecule has 6 heterocycles. The summed E-state index contributed by atoms with van der Waals surface area (Å²) >= 11 is 14.0. The lowest BCUT2D eigenvalue weighted by molar-refractivity contribution is -0.119. The van der Waals surface area contributed by atoms with Crippen LogP contribution in [-0.2, 0) is 42.5 Å². The van der Waals surface area contributed by atoms with Crippen LogP contribution in [0.15, 0.2) is 59.6 Å². The number of amides is 3. The first kappa shape index (κ1) is 40.7. The normalized spacial score (nSPS) is 15.5. The van der Waals surface area contributed by atoms with Crippen LogP contribution in [0.2, 0.25) is 10.0 Å². The van der Waals surface area contributed by atoms with Crippen LogP contribution in [0.4, 0.5) is 10.5 Å². The quantitative estimate of drug-likeness (QED) is 0.137. The summed E-state index contributed by atoms with van der Waals surface area (Å²) in [6.07, 6.45) is 7.07. The Morgan fingerprint density at radius 2 is 1.91 bits per heavy atom. The molecular weight excluding hydrogens is 785 g/mol. The Balaban J connectivity index is 1.09. The third-order valence-electron chi connectivity index (χ3n) is 10.1. The van der Waals surface area contributed by atoms with E-state index in [0.29, 0.717) is 53.2 Å². The predicted octanol–water partition coefficient (Wildman–Crippen LogP) is 6.72. The average molecular weight is 831 g/mol. The Morgan fingerprint density at radius 3 is 2.64 bits per heavy atom. The lowest BCUT2D eigenvalue weighted by atomic mass is 10.1. The highest BCUT2D eigenvalue weighted by atomic mass is 35.5. The van der Waals surface area contributed by atoms with Gasteiger partial charge in [-0.25, -0.2) is 14.8 Å². The fraction of sp³-hybridized carbons (Fsp3) is 0.390. The minimum atomic E-state index is -0.716. The smallest absolute Gasteiger partial charge is 0.410 e. The van der Waals surface area contributed by atoms with Crippen molar-refractivity contribution < 1.29 is 28.4 Å². The number of nitrogens with one attached hydrogen (secondary N) is 2. The van der Waals surface area contributed by atoms with E-state index < -0.39 is 17.6 Å². The molecule has 2 aliphatic rings. The van der Waals surface area contributed by atoms with Crippen LogP contribution >= 0.6 is 23.2 Å². The molecule has 1 fully saturated rings. The molecular formula is C41H45Cl2N9O6. The average Bonchev–Trinajstić information content (AvgIpc) is 3.95. The van der Waals surface area contributed by atoms with Gasteiger partial charge in [0.1, 0.15) is 11.9 Å². The van der Waals surface area contributed by atoms with E-state index in [2.05, 4.69) is 25.7 Å². The minimum Gasteiger partial charge on any atom is -0.481 e. The second-order valence-electron chi connectivity index (χ2n) is 15.4. The number of benzene rings is 1. The number of fused-ring (bicyclic) bond motifs is 1. The molecule has 7 rings (SSSR count). The molecule has 17 heteroatoms. The van der Waals surface area contributed by atoms with Crippen LogP contribution in [0.3, 0.4) is 0 Å². The van der Waals surface area contributed by atoms with Crippen LogP contribution in [0, 0.1) is 0 Å². The fourth-order valence-electron chi connectivity index (χ4n) is 7.16. The van der Waals surface area contributed by atoms with Gasteiger partial charge >= 0.3 is 6.09 Å². The molecule has 0 aliphatic carbocycles. The van der Waals surface area contributed by atoms with Gasteiger partial charge in [0, 0.05) is 86.3 Å². The number of imidazole rings is 1. The lowest BCUT2D eigenvalue weighted by Gasteiger charge is -2.29. The van der Waals surface area contributed by atoms with Crippen LogP contribution < -0.4 is 15.4 Å². The molecule has 0 radical (unpaired) electrons. The zero-order valence-electron chi connectivity index (χ0n) is 33.0. The number of ether oxygens (including phenoxy) is 2. The van der Waals surface area contributed by atoms with Crippen molar-refractivity contribution in [3.63, 3.8) is 0 Å². The SMILES string of the molecule is COc1nc(-c2ccnc(-c3cccc(NC(=O)c4nc5c(n4C)CCN(CCc4cnoc4)C5)c3Cl)c2Cl)ccc1CN(C[C@@H]1CCC(=O)N1)C(=O)OC(C)(C)C. The molecule has 304 valence electrons. The van der Waals surface area contributed by atoms with E-state index in [1.165, 1.54) is 7.11 Å². The van der Waals surface area contributed by atoms with Gasteiger partial charge in [-0.1, -0.05) is 40.5 Å². The van der Waals surface area contributed by atoms with Gasteiger partial charge in [0.05, 0.1) is 52.7 Å². The minimum absolute atomic E-state index is 0.0456. The third-order valence-corrected chi connectivity index (χ3v) is 10.9. The molecule has 5 aromatic rings. The summed E-state index contributed by atoms with van der Waals surface area (Å²) in [4.78, 5) is 56.8. The Bertz CT molecular complexity index is 2320. The van der Waals surface area contributed by atoms with Gasteiger partial charge < -0.3 is 34.1 Å². The first-order chi connectivity index (χ1) is 27.8. The lowest BCUT2D eigenvalue weighted by Crippen LogP contribution is -2.43. The summed E-state index contributed by atoms with van der Waals surface area (Å²) in [5, 5.41) is 10.2. The summed E-state index contributed by atoms with van der Waals surface area (Å²) in [6, 6.07) is 10.4. The van der Waals surface area contributed by atoms with E-state index in [0.717, 1.165) is 42.9 Å². The van der Waals surface area contributed by atoms with Crippen LogP contribution in [0.1, 0.15) is 66.7 Å². The number of anilines is 1. The van der Waals surface area contributed by atoms with Gasteiger partial charge in [0.25, 0.3) is 5.91 Å². The van der Waals surface area contributed by atoms with Crippen molar-refractivity contribution in [1.29, 1.82) is 0 Å². The fourth-order valence-corrected chi connectivity index (χ4v) is 7.74. The van der Waals surface area contributed by atoms with Crippen molar-refractivity contribution in [2.24, 2.45) is 7.05 Å². The van der Waals surface area contributed by atoms with Crippen molar-refractivity contribution in [2.45, 2.75) is 71.2 Å². The predicted molar refractivity (Wildman–Crippen MR) is 218 cm³/mol. The first-order valence-electron chi connectivity index (χ1n) is 19.0. The monoisotopic (exact) mass is 829 g/mol. The second kappa shape index (κ2) is 17.1. The molecule has 0 unspecified atom stereocenters. The molecule has 3 amide bonds. The van der Waals surface area contributed by atoms with E-state index >= 15 is 0 Å². The van der Waals surface area contributed by atoms with Gasteiger partial charge in [-0.3, -0.25) is 19.5 Å². The van der Waals surface area contributed by atoms with Crippen LogP contribution in [0.5, 0.6) is 5.88 Å². The van der Waals surface area contributed by atoms with Crippen molar-refractivity contribution in [3.05, 3.63) is 93.4 Å². The highest BCUT2D eigenvalue weighted by Crippen LogP contribution is 2.40. The standard InChI is InChI=1S/C41H45Cl2N9O6/c1-41(2,3)58-40(55)52(21-26-10-12-33(53)46-26)20-25-9-11-29(49-39(25)56-5)27-13-16-44-36(35(27)43)28-7-6-8-30(34(28)42)48-38(54)37-47-31-22-51(18-15-32(31)50(37)4)17-14-24-19-45-57-23-24/h6-9,11,13,16,19,23,26H,10,12,14-15,17-18,20-22H2,1-5H3,(H,46,53)(H,48,54)/t26-/m0/s1. The summed E-state index contributed by atoms with van der Waals surface area (Å²) < 4.78 is 18.2. The topological polar surface area (TPSA) is 170 Å². The maximum absolute atomic E-state index is 13.7. The highest BCUT2D eigenvalue weighted by molar-refractivity contribution is 6.39. The highest BCUT2D eigenvalue weighted by Gasteiger charge is 2.30. The van der Waals surface area contributed by atoms with E-state index in [-0.39, 0.29) is 46.8 Å². The maximum atomic E-state index is 13.7. The number of hydrogen-bond acceptors (Lipinski definition) is 11.